The van der Waals surface area contributed by atoms with Crippen molar-refractivity contribution in [3.05, 3.63) is 0 Å². The summed E-state index contributed by atoms with van der Waals surface area (Å²) in [5, 5.41) is 19.7. The first kappa shape index (κ1) is 18.0. The van der Waals surface area contributed by atoms with Crippen LogP contribution < -0.4 is 16.8 Å². The zero-order valence-corrected chi connectivity index (χ0v) is 11.9. The lowest BCUT2D eigenvalue weighted by Crippen LogP contribution is -2.48. The van der Waals surface area contributed by atoms with Gasteiger partial charge in [-0.3, -0.25) is 9.59 Å². The second-order valence-corrected chi connectivity index (χ2v) is 6.25. The summed E-state index contributed by atoms with van der Waals surface area (Å²) >= 11 is 0. The Balaban J connectivity index is 4.06. The van der Waals surface area contributed by atoms with Crippen molar-refractivity contribution in [2.75, 3.05) is 11.5 Å². The molecule has 10 heteroatoms. The van der Waals surface area contributed by atoms with Crippen LogP contribution in [-0.2, 0) is 14.4 Å². The fourth-order valence-electron chi connectivity index (χ4n) is 0.787. The van der Waals surface area contributed by atoms with Crippen molar-refractivity contribution in [1.29, 1.82) is 0 Å². The molecule has 0 bridgehead atoms. The van der Waals surface area contributed by atoms with Crippen molar-refractivity contribution in [3.8, 4) is 0 Å². The summed E-state index contributed by atoms with van der Waals surface area (Å²) in [4.78, 5) is 32.6. The topological polar surface area (TPSA) is 156 Å². The van der Waals surface area contributed by atoms with Gasteiger partial charge in [0.25, 0.3) is 0 Å². The van der Waals surface area contributed by atoms with Crippen LogP contribution in [-0.4, -0.2) is 57.7 Å². The Morgan fingerprint density at radius 3 is 2.05 bits per heavy atom. The quantitative estimate of drug-likeness (QED) is 0.258. The van der Waals surface area contributed by atoms with E-state index in [9.17, 15) is 14.4 Å². The van der Waals surface area contributed by atoms with Crippen LogP contribution in [0.25, 0.3) is 0 Å². The highest BCUT2D eigenvalue weighted by Crippen LogP contribution is 2.22. The van der Waals surface area contributed by atoms with Crippen LogP contribution in [0.1, 0.15) is 6.92 Å². The summed E-state index contributed by atoms with van der Waals surface area (Å²) in [7, 11) is 2.26. The highest BCUT2D eigenvalue weighted by Gasteiger charge is 2.22. The summed E-state index contributed by atoms with van der Waals surface area (Å²) in [5.41, 5.74) is 10.6. The molecule has 7 N–H and O–H groups in total. The van der Waals surface area contributed by atoms with Crippen LogP contribution >= 0.6 is 21.6 Å². The van der Waals surface area contributed by atoms with E-state index in [1.165, 1.54) is 6.92 Å². The van der Waals surface area contributed by atoms with Crippen molar-refractivity contribution >= 4 is 39.4 Å². The molecule has 110 valence electrons. The zero-order valence-electron chi connectivity index (χ0n) is 10.2. The maximum atomic E-state index is 11.3. The molecule has 0 aromatic carbocycles. The number of nitrogens with two attached hydrogens (primary N) is 2. The molecule has 0 aromatic heterocycles. The van der Waals surface area contributed by atoms with Crippen LogP contribution in [0.5, 0.6) is 0 Å². The third kappa shape index (κ3) is 7.93. The zero-order chi connectivity index (χ0) is 15.0. The first-order chi connectivity index (χ1) is 8.75. The third-order valence-corrected chi connectivity index (χ3v) is 4.36. The van der Waals surface area contributed by atoms with Gasteiger partial charge in [-0.2, -0.15) is 0 Å². The second-order valence-electron chi connectivity index (χ2n) is 3.70. The van der Waals surface area contributed by atoms with E-state index < -0.39 is 36.0 Å². The molecule has 1 unspecified atom stereocenters. The maximum Gasteiger partial charge on any atom is 0.327 e. The molecule has 0 fully saturated rings. The number of amides is 1. The number of carboxylic acids is 2. The van der Waals surface area contributed by atoms with Crippen LogP contribution in [0.15, 0.2) is 0 Å². The highest BCUT2D eigenvalue weighted by atomic mass is 33.1. The van der Waals surface area contributed by atoms with E-state index >= 15 is 0 Å². The number of nitrogens with one attached hydrogen (secondary N) is 1. The molecule has 0 aromatic rings. The normalized spacial score (nSPS) is 15.3. The first-order valence-corrected chi connectivity index (χ1v) is 7.76. The van der Waals surface area contributed by atoms with Gasteiger partial charge in [-0.1, -0.05) is 21.6 Å². The molecule has 0 spiro atoms. The smallest absolute Gasteiger partial charge is 0.327 e. The summed E-state index contributed by atoms with van der Waals surface area (Å²) in [6.45, 7) is 1.45. The molecule has 0 saturated heterocycles. The predicted molar refractivity (Wildman–Crippen MR) is 73.7 cm³/mol. The number of aliphatic carboxylic acids is 2. The molecule has 0 heterocycles. The van der Waals surface area contributed by atoms with Crippen LogP contribution in [0, 0.1) is 0 Å². The molecule has 0 aliphatic carbocycles. The predicted octanol–water partition coefficient (Wildman–Crippen LogP) is -1.30. The van der Waals surface area contributed by atoms with Crippen LogP contribution in [0.3, 0.4) is 0 Å². The van der Waals surface area contributed by atoms with Gasteiger partial charge in [-0.25, -0.2) is 4.79 Å². The van der Waals surface area contributed by atoms with Gasteiger partial charge >= 0.3 is 11.9 Å². The van der Waals surface area contributed by atoms with Crippen molar-refractivity contribution in [3.63, 3.8) is 0 Å². The Morgan fingerprint density at radius 1 is 1.11 bits per heavy atom. The first-order valence-electron chi connectivity index (χ1n) is 5.27. The Bertz CT molecular complexity index is 340. The van der Waals surface area contributed by atoms with E-state index in [2.05, 4.69) is 5.32 Å². The van der Waals surface area contributed by atoms with Gasteiger partial charge in [0, 0.05) is 11.5 Å². The summed E-state index contributed by atoms with van der Waals surface area (Å²) in [6, 6.07) is -2.86. The van der Waals surface area contributed by atoms with Crippen LogP contribution in [0.4, 0.5) is 0 Å². The van der Waals surface area contributed by atoms with Gasteiger partial charge in [0.05, 0.1) is 6.04 Å². The largest absolute Gasteiger partial charge is 0.480 e. The van der Waals surface area contributed by atoms with Gasteiger partial charge in [0.2, 0.25) is 5.91 Å². The molecule has 0 radical (unpaired) electrons. The molecule has 8 nitrogen and oxygen atoms in total. The fourth-order valence-corrected chi connectivity index (χ4v) is 3.06. The van der Waals surface area contributed by atoms with Gasteiger partial charge in [0.1, 0.15) is 12.1 Å². The van der Waals surface area contributed by atoms with Crippen molar-refractivity contribution in [2.45, 2.75) is 25.0 Å². The minimum absolute atomic E-state index is 0.0881. The minimum atomic E-state index is -1.18. The third-order valence-electron chi connectivity index (χ3n) is 1.91. The van der Waals surface area contributed by atoms with Crippen molar-refractivity contribution in [2.24, 2.45) is 11.5 Å². The number of carboxylic acid groups (broad SMARTS) is 2. The number of hydrogen-bond acceptors (Lipinski definition) is 7. The van der Waals surface area contributed by atoms with Gasteiger partial charge in [0.15, 0.2) is 0 Å². The Labute approximate surface area is 118 Å². The Kier molecular flexibility index (Phi) is 8.56. The summed E-state index contributed by atoms with van der Waals surface area (Å²) < 4.78 is 0. The number of carbonyl (C=O) groups excluding carboxylic acids is 1. The fraction of sp³-hybridized carbons (Fsp3) is 0.667. The number of rotatable bonds is 9. The van der Waals surface area contributed by atoms with E-state index in [1.54, 1.807) is 0 Å². The average molecular weight is 311 g/mol. The molecule has 0 saturated carbocycles. The SMILES string of the molecule is C[C@H](N)C(=O)N[C@@H](CSSCC(N)C(=O)O)C(=O)O. The Morgan fingerprint density at radius 2 is 1.63 bits per heavy atom. The summed E-state index contributed by atoms with van der Waals surface area (Å²) in [6.07, 6.45) is 0. The lowest BCUT2D eigenvalue weighted by molar-refractivity contribution is -0.141. The lowest BCUT2D eigenvalue weighted by atomic mass is 10.3. The second kappa shape index (κ2) is 9.02. The summed E-state index contributed by atoms with van der Waals surface area (Å²) in [5.74, 6) is -2.61. The van der Waals surface area contributed by atoms with Crippen molar-refractivity contribution in [1.82, 2.24) is 5.32 Å². The number of hydrogen-bond donors (Lipinski definition) is 5. The molecule has 19 heavy (non-hydrogen) atoms. The molecule has 3 atom stereocenters. The van der Waals surface area contributed by atoms with Gasteiger partial charge in [-0.05, 0) is 6.92 Å². The monoisotopic (exact) mass is 311 g/mol. The number of carbonyl (C=O) groups is 3. The molecule has 0 aliphatic rings. The highest BCUT2D eigenvalue weighted by molar-refractivity contribution is 8.76. The molecule has 1 amide bonds. The van der Waals surface area contributed by atoms with E-state index in [1.807, 2.05) is 0 Å². The lowest BCUT2D eigenvalue weighted by Gasteiger charge is -2.15. The standard InChI is InChI=1S/C9H17N3O5S2/c1-4(10)7(13)12-6(9(16)17)3-19-18-2-5(11)8(14)15/h4-6H,2-3,10-11H2,1H3,(H,12,13)(H,14,15)(H,16,17)/t4-,5?,6-/m0/s1. The minimum Gasteiger partial charge on any atom is -0.480 e. The molecule has 0 rings (SSSR count). The van der Waals surface area contributed by atoms with E-state index in [0.717, 1.165) is 21.6 Å². The van der Waals surface area contributed by atoms with E-state index in [4.69, 9.17) is 21.7 Å². The van der Waals surface area contributed by atoms with Gasteiger partial charge in [-0.15, -0.1) is 0 Å². The van der Waals surface area contributed by atoms with Crippen molar-refractivity contribution < 1.29 is 24.6 Å². The molecular weight excluding hydrogens is 294 g/mol. The van der Waals surface area contributed by atoms with E-state index in [-0.39, 0.29) is 11.5 Å². The Hall–Kier alpha value is -0.970. The van der Waals surface area contributed by atoms with E-state index in [0.29, 0.717) is 0 Å². The van der Waals surface area contributed by atoms with Gasteiger partial charge < -0.3 is 27.0 Å². The average Bonchev–Trinajstić information content (AvgIpc) is 2.31. The molecular formula is C9H17N3O5S2. The maximum absolute atomic E-state index is 11.3. The molecule has 0 aliphatic heterocycles. The van der Waals surface area contributed by atoms with Crippen LogP contribution in [0.2, 0.25) is 0 Å².